The first-order valence-electron chi connectivity index (χ1n) is 11.5. The van der Waals surface area contributed by atoms with E-state index < -0.39 is 6.04 Å². The van der Waals surface area contributed by atoms with Crippen LogP contribution in [0.2, 0.25) is 0 Å². The van der Waals surface area contributed by atoms with E-state index in [-0.39, 0.29) is 11.8 Å². The molecule has 6 heteroatoms. The van der Waals surface area contributed by atoms with Gasteiger partial charge < -0.3 is 15.4 Å². The second kappa shape index (κ2) is 12.6. The molecule has 0 aliphatic rings. The van der Waals surface area contributed by atoms with Crippen molar-refractivity contribution >= 4 is 23.2 Å². The van der Waals surface area contributed by atoms with Crippen LogP contribution in [0.25, 0.3) is 0 Å². The van der Waals surface area contributed by atoms with Crippen LogP contribution in [0.3, 0.4) is 0 Å². The van der Waals surface area contributed by atoms with Crippen molar-refractivity contribution in [3.05, 3.63) is 130 Å². The van der Waals surface area contributed by atoms with E-state index in [0.29, 0.717) is 31.1 Å². The van der Waals surface area contributed by atoms with Gasteiger partial charge in [-0.05, 0) is 33.7 Å². The Morgan fingerprint density at radius 3 is 2.09 bits per heavy atom. The number of ether oxygens (including phenoxy) is 1. The highest BCUT2D eigenvalue weighted by Crippen LogP contribution is 2.13. The number of nitrogens with one attached hydrogen (secondary N) is 2. The summed E-state index contributed by atoms with van der Waals surface area (Å²) in [7, 11) is 0. The highest BCUT2D eigenvalue weighted by Gasteiger charge is 2.22. The van der Waals surface area contributed by atoms with Crippen molar-refractivity contribution in [2.24, 2.45) is 0 Å². The summed E-state index contributed by atoms with van der Waals surface area (Å²) in [6.45, 7) is 1.32. The molecule has 2 amide bonds. The standard InChI is InChI=1S/C29H28N2O3S/c32-28(26(18-22-10-3-1-4-11-22)31-29(33)27-16-9-17-35-27)30-19-24-14-7-8-15-25(24)21-34-20-23-12-5-2-6-13-23/h1-17,26H,18-21H2,(H,30,32)(H,31,33). The number of thiophene rings is 1. The molecule has 0 radical (unpaired) electrons. The molecule has 0 bridgehead atoms. The van der Waals surface area contributed by atoms with E-state index in [4.69, 9.17) is 4.74 Å². The Labute approximate surface area is 209 Å². The molecule has 0 spiro atoms. The topological polar surface area (TPSA) is 67.4 Å². The fourth-order valence-corrected chi connectivity index (χ4v) is 4.35. The molecule has 4 aromatic rings. The van der Waals surface area contributed by atoms with Gasteiger partial charge in [-0.3, -0.25) is 9.59 Å². The number of amides is 2. The SMILES string of the molecule is O=C(NC(Cc1ccccc1)C(=O)NCc1ccccc1COCc1ccccc1)c1cccs1. The maximum Gasteiger partial charge on any atom is 0.262 e. The minimum absolute atomic E-state index is 0.223. The Bertz CT molecular complexity index is 1210. The van der Waals surface area contributed by atoms with Crippen LogP contribution < -0.4 is 10.6 Å². The Morgan fingerprint density at radius 2 is 1.40 bits per heavy atom. The minimum Gasteiger partial charge on any atom is -0.372 e. The van der Waals surface area contributed by atoms with Gasteiger partial charge >= 0.3 is 0 Å². The van der Waals surface area contributed by atoms with Crippen molar-refractivity contribution in [2.75, 3.05) is 0 Å². The lowest BCUT2D eigenvalue weighted by Gasteiger charge is -2.19. The van der Waals surface area contributed by atoms with Crippen molar-refractivity contribution < 1.29 is 14.3 Å². The molecule has 178 valence electrons. The molecule has 1 aromatic heterocycles. The van der Waals surface area contributed by atoms with Gasteiger partial charge in [-0.25, -0.2) is 0 Å². The molecule has 3 aromatic carbocycles. The van der Waals surface area contributed by atoms with E-state index in [1.807, 2.05) is 96.4 Å². The summed E-state index contributed by atoms with van der Waals surface area (Å²) >= 11 is 1.35. The van der Waals surface area contributed by atoms with E-state index in [1.165, 1.54) is 11.3 Å². The van der Waals surface area contributed by atoms with Gasteiger partial charge in [0.1, 0.15) is 6.04 Å². The first-order valence-corrected chi connectivity index (χ1v) is 12.4. The molecule has 0 aliphatic heterocycles. The van der Waals surface area contributed by atoms with E-state index >= 15 is 0 Å². The summed E-state index contributed by atoms with van der Waals surface area (Å²) in [6.07, 6.45) is 0.408. The molecule has 1 atom stereocenters. The predicted molar refractivity (Wildman–Crippen MR) is 139 cm³/mol. The van der Waals surface area contributed by atoms with Crippen LogP contribution in [0.5, 0.6) is 0 Å². The van der Waals surface area contributed by atoms with Gasteiger partial charge in [0.25, 0.3) is 5.91 Å². The Morgan fingerprint density at radius 1 is 0.743 bits per heavy atom. The molecular formula is C29H28N2O3S. The van der Waals surface area contributed by atoms with Crippen molar-refractivity contribution in [2.45, 2.75) is 32.2 Å². The molecule has 0 saturated carbocycles. The number of benzene rings is 3. The first kappa shape index (κ1) is 24.4. The lowest BCUT2D eigenvalue weighted by molar-refractivity contribution is -0.123. The highest BCUT2D eigenvalue weighted by atomic mass is 32.1. The van der Waals surface area contributed by atoms with E-state index in [9.17, 15) is 9.59 Å². The molecule has 4 rings (SSSR count). The molecule has 0 saturated heterocycles. The van der Waals surface area contributed by atoms with Crippen molar-refractivity contribution in [1.29, 1.82) is 0 Å². The number of carbonyl (C=O) groups excluding carboxylic acids is 2. The average molecular weight is 485 g/mol. The molecule has 0 aliphatic carbocycles. The zero-order chi connectivity index (χ0) is 24.3. The minimum atomic E-state index is -0.687. The zero-order valence-electron chi connectivity index (χ0n) is 19.4. The number of rotatable bonds is 11. The highest BCUT2D eigenvalue weighted by molar-refractivity contribution is 7.12. The number of hydrogen-bond donors (Lipinski definition) is 2. The quantitative estimate of drug-likeness (QED) is 0.310. The fraction of sp³-hybridized carbons (Fsp3) is 0.172. The van der Waals surface area contributed by atoms with Gasteiger partial charge in [0.05, 0.1) is 18.1 Å². The monoisotopic (exact) mass is 484 g/mol. The molecule has 0 fully saturated rings. The first-order chi connectivity index (χ1) is 17.2. The largest absolute Gasteiger partial charge is 0.372 e. The van der Waals surface area contributed by atoms with Crippen LogP contribution in [-0.4, -0.2) is 17.9 Å². The van der Waals surface area contributed by atoms with Gasteiger partial charge in [-0.15, -0.1) is 11.3 Å². The lowest BCUT2D eigenvalue weighted by Crippen LogP contribution is -2.47. The lowest BCUT2D eigenvalue weighted by atomic mass is 10.0. The Kier molecular flexibility index (Phi) is 8.81. The maximum absolute atomic E-state index is 13.2. The third kappa shape index (κ3) is 7.37. The third-order valence-electron chi connectivity index (χ3n) is 5.59. The number of hydrogen-bond acceptors (Lipinski definition) is 4. The molecule has 1 unspecified atom stereocenters. The Hall–Kier alpha value is -3.74. The summed E-state index contributed by atoms with van der Waals surface area (Å²) in [5.74, 6) is -0.468. The smallest absolute Gasteiger partial charge is 0.262 e. The van der Waals surface area contributed by atoms with Crippen LogP contribution >= 0.6 is 11.3 Å². The van der Waals surface area contributed by atoms with Crippen molar-refractivity contribution in [1.82, 2.24) is 10.6 Å². The molecule has 2 N–H and O–H groups in total. The second-order valence-electron chi connectivity index (χ2n) is 8.16. The molecule has 1 heterocycles. The summed E-state index contributed by atoms with van der Waals surface area (Å²) in [5, 5.41) is 7.76. The van der Waals surface area contributed by atoms with E-state index in [2.05, 4.69) is 10.6 Å². The van der Waals surface area contributed by atoms with Gasteiger partial charge in [-0.1, -0.05) is 91.0 Å². The van der Waals surface area contributed by atoms with Gasteiger partial charge in [0.2, 0.25) is 5.91 Å². The van der Waals surface area contributed by atoms with Gasteiger partial charge in [0.15, 0.2) is 0 Å². The van der Waals surface area contributed by atoms with Crippen LogP contribution in [0.15, 0.2) is 102 Å². The summed E-state index contributed by atoms with van der Waals surface area (Å²) < 4.78 is 5.91. The van der Waals surface area contributed by atoms with E-state index in [0.717, 1.165) is 22.3 Å². The van der Waals surface area contributed by atoms with Crippen LogP contribution in [0.1, 0.15) is 31.9 Å². The number of carbonyl (C=O) groups is 2. The molecular weight excluding hydrogens is 456 g/mol. The predicted octanol–water partition coefficient (Wildman–Crippen LogP) is 5.12. The van der Waals surface area contributed by atoms with Crippen molar-refractivity contribution in [3.8, 4) is 0 Å². The zero-order valence-corrected chi connectivity index (χ0v) is 20.2. The molecule has 5 nitrogen and oxygen atoms in total. The summed E-state index contributed by atoms with van der Waals surface area (Å²) in [6, 6.07) is 30.5. The van der Waals surface area contributed by atoms with Crippen LogP contribution in [-0.2, 0) is 35.7 Å². The fourth-order valence-electron chi connectivity index (χ4n) is 3.73. The summed E-state index contributed by atoms with van der Waals surface area (Å²) in [5.41, 5.74) is 4.10. The normalized spacial score (nSPS) is 11.5. The second-order valence-corrected chi connectivity index (χ2v) is 9.11. The van der Waals surface area contributed by atoms with Gasteiger partial charge in [0, 0.05) is 13.0 Å². The van der Waals surface area contributed by atoms with Gasteiger partial charge in [-0.2, -0.15) is 0 Å². The average Bonchev–Trinajstić information content (AvgIpc) is 3.44. The molecule has 35 heavy (non-hydrogen) atoms. The van der Waals surface area contributed by atoms with Crippen molar-refractivity contribution in [3.63, 3.8) is 0 Å². The Balaban J connectivity index is 1.39. The van der Waals surface area contributed by atoms with E-state index in [1.54, 1.807) is 6.07 Å². The van der Waals surface area contributed by atoms with Crippen LogP contribution in [0, 0.1) is 0 Å². The third-order valence-corrected chi connectivity index (χ3v) is 6.46. The summed E-state index contributed by atoms with van der Waals surface area (Å²) in [4.78, 5) is 26.4. The van der Waals surface area contributed by atoms with Crippen LogP contribution in [0.4, 0.5) is 0 Å². The maximum atomic E-state index is 13.2.